The van der Waals surface area contributed by atoms with Gasteiger partial charge in [-0.05, 0) is 25.9 Å². The van der Waals surface area contributed by atoms with Crippen molar-refractivity contribution in [1.29, 1.82) is 0 Å². The van der Waals surface area contributed by atoms with E-state index in [1.165, 1.54) is 25.7 Å². The van der Waals surface area contributed by atoms with Gasteiger partial charge in [0.25, 0.3) is 0 Å². The fourth-order valence-electron chi connectivity index (χ4n) is 1.89. The molecule has 8 nitrogen and oxygen atoms in total. The minimum Gasteiger partial charge on any atom is -0.378 e. The third-order valence-corrected chi connectivity index (χ3v) is 3.13. The summed E-state index contributed by atoms with van der Waals surface area (Å²) in [5.41, 5.74) is 10.6. The Hall–Kier alpha value is 0.640. The fraction of sp³-hybridized carbons (Fsp3) is 1.00. The summed E-state index contributed by atoms with van der Waals surface area (Å²) in [5.74, 6) is 0. The summed E-state index contributed by atoms with van der Waals surface area (Å²) >= 11 is 0. The van der Waals surface area contributed by atoms with Crippen LogP contribution in [0.4, 0.5) is 0 Å². The van der Waals surface area contributed by atoms with Crippen molar-refractivity contribution >= 4 is 34.0 Å². The van der Waals surface area contributed by atoms with Crippen LogP contribution in [0.25, 0.3) is 0 Å². The number of rotatable bonds is 21. The molecule has 0 spiro atoms. The number of unbranched alkanes of at least 4 members (excludes halogenated alkanes) is 3. The minimum absolute atomic E-state index is 0. The van der Waals surface area contributed by atoms with E-state index in [2.05, 4.69) is 10.6 Å². The SMILES string of the molecule is Br.Br.NCCOCCOCNCCCCCCNCOCCOCCN. The Morgan fingerprint density at radius 1 is 0.500 bits per heavy atom. The van der Waals surface area contributed by atoms with Crippen LogP contribution in [0.3, 0.4) is 0 Å². The van der Waals surface area contributed by atoms with Crippen molar-refractivity contribution in [3.63, 3.8) is 0 Å². The zero-order chi connectivity index (χ0) is 17.6. The Morgan fingerprint density at radius 2 is 0.885 bits per heavy atom. The first-order valence-electron chi connectivity index (χ1n) is 9.04. The van der Waals surface area contributed by atoms with Gasteiger partial charge in [0.15, 0.2) is 0 Å². The standard InChI is InChI=1S/C16H38N4O4.2BrH/c17-5-9-21-11-13-23-15-19-7-3-1-2-4-8-20-16-24-14-12-22-10-6-18;;/h19-20H,1-18H2;2*1H. The Labute approximate surface area is 179 Å². The molecule has 10 heteroatoms. The van der Waals surface area contributed by atoms with Crippen LogP contribution in [0.15, 0.2) is 0 Å². The van der Waals surface area contributed by atoms with E-state index in [0.717, 1.165) is 13.1 Å². The summed E-state index contributed by atoms with van der Waals surface area (Å²) in [6.07, 6.45) is 4.79. The lowest BCUT2D eigenvalue weighted by atomic mass is 10.2. The van der Waals surface area contributed by atoms with Crippen LogP contribution in [-0.4, -0.2) is 79.3 Å². The highest BCUT2D eigenvalue weighted by Crippen LogP contribution is 1.97. The van der Waals surface area contributed by atoms with Gasteiger partial charge in [-0.1, -0.05) is 12.8 Å². The summed E-state index contributed by atoms with van der Waals surface area (Å²) in [4.78, 5) is 0. The highest BCUT2D eigenvalue weighted by atomic mass is 79.9. The van der Waals surface area contributed by atoms with E-state index in [9.17, 15) is 0 Å². The van der Waals surface area contributed by atoms with Crippen molar-refractivity contribution in [2.45, 2.75) is 25.7 Å². The van der Waals surface area contributed by atoms with Crippen molar-refractivity contribution in [2.24, 2.45) is 11.5 Å². The predicted octanol–water partition coefficient (Wildman–Crippen LogP) is 0.781. The molecule has 0 fully saturated rings. The van der Waals surface area contributed by atoms with Crippen LogP contribution in [0.5, 0.6) is 0 Å². The molecule has 0 aromatic carbocycles. The fourth-order valence-corrected chi connectivity index (χ4v) is 1.89. The molecule has 0 radical (unpaired) electrons. The van der Waals surface area contributed by atoms with E-state index >= 15 is 0 Å². The molecule has 0 aliphatic carbocycles. The van der Waals surface area contributed by atoms with Crippen LogP contribution in [0.1, 0.15) is 25.7 Å². The Balaban J connectivity index is -0.00000264. The molecule has 0 aromatic rings. The quantitative estimate of drug-likeness (QED) is 0.132. The maximum atomic E-state index is 5.38. The van der Waals surface area contributed by atoms with E-state index in [4.69, 9.17) is 30.4 Å². The lowest BCUT2D eigenvalue weighted by Gasteiger charge is -2.08. The number of hydrogen-bond donors (Lipinski definition) is 4. The highest BCUT2D eigenvalue weighted by Gasteiger charge is 1.93. The summed E-state index contributed by atoms with van der Waals surface area (Å²) in [6.45, 7) is 7.90. The average Bonchev–Trinajstić information content (AvgIpc) is 2.60. The van der Waals surface area contributed by atoms with E-state index in [0.29, 0.717) is 66.2 Å². The first-order valence-corrected chi connectivity index (χ1v) is 9.04. The average molecular weight is 512 g/mol. The van der Waals surface area contributed by atoms with E-state index < -0.39 is 0 Å². The second-order valence-corrected chi connectivity index (χ2v) is 5.32. The molecule has 26 heavy (non-hydrogen) atoms. The van der Waals surface area contributed by atoms with Crippen molar-refractivity contribution in [2.75, 3.05) is 79.3 Å². The molecule has 0 unspecified atom stereocenters. The van der Waals surface area contributed by atoms with Crippen molar-refractivity contribution < 1.29 is 18.9 Å². The highest BCUT2D eigenvalue weighted by molar-refractivity contribution is 8.93. The van der Waals surface area contributed by atoms with Gasteiger partial charge in [-0.15, -0.1) is 34.0 Å². The number of nitrogens with two attached hydrogens (primary N) is 2. The summed E-state index contributed by atoms with van der Waals surface area (Å²) in [6, 6.07) is 0. The molecule has 162 valence electrons. The van der Waals surface area contributed by atoms with Crippen LogP contribution in [0.2, 0.25) is 0 Å². The van der Waals surface area contributed by atoms with Crippen molar-refractivity contribution in [3.8, 4) is 0 Å². The molecule has 0 saturated heterocycles. The van der Waals surface area contributed by atoms with Gasteiger partial charge in [0, 0.05) is 13.1 Å². The van der Waals surface area contributed by atoms with E-state index in [1.54, 1.807) is 0 Å². The number of halogens is 2. The summed E-state index contributed by atoms with van der Waals surface area (Å²) in [7, 11) is 0. The van der Waals surface area contributed by atoms with Gasteiger partial charge in [0.05, 0.1) is 53.1 Å². The second kappa shape index (κ2) is 30.4. The smallest absolute Gasteiger partial charge is 0.0966 e. The second-order valence-electron chi connectivity index (χ2n) is 5.32. The van der Waals surface area contributed by atoms with Gasteiger partial charge in [-0.2, -0.15) is 0 Å². The van der Waals surface area contributed by atoms with E-state index in [1.807, 2.05) is 0 Å². The molecule has 0 saturated carbocycles. The third-order valence-electron chi connectivity index (χ3n) is 3.13. The molecule has 0 bridgehead atoms. The zero-order valence-corrected chi connectivity index (χ0v) is 19.3. The lowest BCUT2D eigenvalue weighted by Crippen LogP contribution is -2.22. The molecule has 0 aromatic heterocycles. The molecule has 0 atom stereocenters. The van der Waals surface area contributed by atoms with Gasteiger partial charge in [0.2, 0.25) is 0 Å². The Bertz CT molecular complexity index is 214. The molecular formula is C16H40Br2N4O4. The summed E-state index contributed by atoms with van der Waals surface area (Å²) < 4.78 is 21.2. The van der Waals surface area contributed by atoms with Crippen molar-refractivity contribution in [1.82, 2.24) is 10.6 Å². The normalized spacial score (nSPS) is 10.4. The molecule has 0 rings (SSSR count). The summed E-state index contributed by atoms with van der Waals surface area (Å²) in [5, 5.41) is 6.52. The van der Waals surface area contributed by atoms with Gasteiger partial charge < -0.3 is 30.4 Å². The lowest BCUT2D eigenvalue weighted by molar-refractivity contribution is 0.0429. The van der Waals surface area contributed by atoms with Crippen LogP contribution in [-0.2, 0) is 18.9 Å². The van der Waals surface area contributed by atoms with Gasteiger partial charge in [0.1, 0.15) is 0 Å². The predicted molar refractivity (Wildman–Crippen MR) is 117 cm³/mol. The molecule has 0 heterocycles. The van der Waals surface area contributed by atoms with Crippen LogP contribution >= 0.6 is 34.0 Å². The van der Waals surface area contributed by atoms with Gasteiger partial charge in [-0.25, -0.2) is 0 Å². The van der Waals surface area contributed by atoms with Crippen LogP contribution < -0.4 is 22.1 Å². The molecular weight excluding hydrogens is 472 g/mol. The number of nitrogens with one attached hydrogen (secondary N) is 2. The maximum Gasteiger partial charge on any atom is 0.0966 e. The van der Waals surface area contributed by atoms with E-state index in [-0.39, 0.29) is 34.0 Å². The maximum absolute atomic E-state index is 5.38. The largest absolute Gasteiger partial charge is 0.378 e. The molecule has 0 aliphatic rings. The van der Waals surface area contributed by atoms with Gasteiger partial charge in [-0.3, -0.25) is 10.6 Å². The minimum atomic E-state index is 0. The first-order chi connectivity index (χ1) is 11.9. The zero-order valence-electron chi connectivity index (χ0n) is 15.9. The monoisotopic (exact) mass is 510 g/mol. The molecule has 6 N–H and O–H groups in total. The Morgan fingerprint density at radius 3 is 1.27 bits per heavy atom. The number of ether oxygens (including phenoxy) is 4. The third kappa shape index (κ3) is 29.4. The first kappa shape index (κ1) is 31.3. The van der Waals surface area contributed by atoms with Crippen molar-refractivity contribution in [3.05, 3.63) is 0 Å². The number of hydrogen-bond acceptors (Lipinski definition) is 8. The van der Waals surface area contributed by atoms with Gasteiger partial charge >= 0.3 is 0 Å². The molecule has 0 amide bonds. The molecule has 0 aliphatic heterocycles. The Kier molecular flexibility index (Phi) is 36.6. The van der Waals surface area contributed by atoms with Crippen LogP contribution in [0, 0.1) is 0 Å². The topological polar surface area (TPSA) is 113 Å².